The average molecular weight is 1150 g/mol. The summed E-state index contributed by atoms with van der Waals surface area (Å²) in [5, 5.41) is 54.5. The number of esters is 1. The van der Waals surface area contributed by atoms with E-state index in [1.165, 1.54) is 180 Å². The number of hydrogen-bond acceptors (Lipinski definition) is 10. The van der Waals surface area contributed by atoms with Gasteiger partial charge in [0.15, 0.2) is 6.29 Å². The van der Waals surface area contributed by atoms with Crippen molar-refractivity contribution >= 4 is 11.9 Å². The van der Waals surface area contributed by atoms with Crippen LogP contribution in [0.5, 0.6) is 0 Å². The average Bonchev–Trinajstić information content (AvgIpc) is 3.50. The second-order valence-electron chi connectivity index (χ2n) is 23.5. The SMILES string of the molecule is CCCC/C=C\C/C=C\CCCCCCCC(=O)OCCCCCCCCCCC/C=C\C/C=C\CCCCCCCCCCCC(=O)NC(COC1OC(CO)C(O)C(O)C1O)C(O)/C=C/CC/C=C/CCCCCCCCCCC. The van der Waals surface area contributed by atoms with Crippen molar-refractivity contribution in [3.8, 4) is 0 Å². The molecule has 1 aliphatic rings. The molecule has 476 valence electrons. The maximum Gasteiger partial charge on any atom is 0.305 e. The number of nitrogens with one attached hydrogen (secondary N) is 1. The first-order valence-corrected chi connectivity index (χ1v) is 34.2. The number of carbonyl (C=O) groups excluding carboxylic acids is 2. The van der Waals surface area contributed by atoms with Gasteiger partial charge >= 0.3 is 5.97 Å². The summed E-state index contributed by atoms with van der Waals surface area (Å²) in [6, 6.07) is -0.834. The zero-order valence-electron chi connectivity index (χ0n) is 52.7. The molecule has 1 aliphatic heterocycles. The third-order valence-corrected chi connectivity index (χ3v) is 15.8. The Balaban J connectivity index is 2.06. The Morgan fingerprint density at radius 3 is 1.32 bits per heavy atom. The zero-order valence-corrected chi connectivity index (χ0v) is 52.7. The van der Waals surface area contributed by atoms with Crippen LogP contribution in [0.15, 0.2) is 72.9 Å². The third-order valence-electron chi connectivity index (χ3n) is 15.8. The van der Waals surface area contributed by atoms with Gasteiger partial charge in [0.2, 0.25) is 5.91 Å². The lowest BCUT2D eigenvalue weighted by Gasteiger charge is -2.40. The summed E-state index contributed by atoms with van der Waals surface area (Å²) in [4.78, 5) is 25.1. The molecule has 0 bridgehead atoms. The molecule has 0 aliphatic carbocycles. The number of allylic oxidation sites excluding steroid dienone is 11. The van der Waals surface area contributed by atoms with Crippen LogP contribution in [-0.4, -0.2) is 100 Å². The molecule has 7 unspecified atom stereocenters. The molecule has 11 heteroatoms. The second-order valence-corrected chi connectivity index (χ2v) is 23.5. The van der Waals surface area contributed by atoms with Crippen molar-refractivity contribution in [2.75, 3.05) is 19.8 Å². The van der Waals surface area contributed by atoms with Crippen molar-refractivity contribution < 1.29 is 49.3 Å². The van der Waals surface area contributed by atoms with Crippen molar-refractivity contribution in [2.45, 2.75) is 346 Å². The van der Waals surface area contributed by atoms with Crippen LogP contribution in [0.4, 0.5) is 0 Å². The molecular weight excluding hydrogens is 1030 g/mol. The summed E-state index contributed by atoms with van der Waals surface area (Å²) in [5.74, 6) is -0.215. The van der Waals surface area contributed by atoms with Gasteiger partial charge in [0.05, 0.1) is 32.0 Å². The van der Waals surface area contributed by atoms with Crippen LogP contribution < -0.4 is 5.32 Å². The Hall–Kier alpha value is -2.90. The fourth-order valence-electron chi connectivity index (χ4n) is 10.3. The van der Waals surface area contributed by atoms with Crippen molar-refractivity contribution in [3.05, 3.63) is 72.9 Å². The highest BCUT2D eigenvalue weighted by Gasteiger charge is 2.44. The number of aliphatic hydroxyl groups excluding tert-OH is 5. The minimum absolute atomic E-state index is 0.0172. The molecule has 1 fully saturated rings. The van der Waals surface area contributed by atoms with Crippen molar-refractivity contribution in [2.24, 2.45) is 0 Å². The molecule has 1 rings (SSSR count). The van der Waals surface area contributed by atoms with Gasteiger partial charge in [-0.05, 0) is 103 Å². The van der Waals surface area contributed by atoms with Crippen molar-refractivity contribution in [1.29, 1.82) is 0 Å². The summed E-state index contributed by atoms with van der Waals surface area (Å²) >= 11 is 0. The third kappa shape index (κ3) is 48.3. The molecule has 0 spiro atoms. The maximum atomic E-state index is 13.1. The van der Waals surface area contributed by atoms with Crippen LogP contribution in [0.3, 0.4) is 0 Å². The molecule has 1 amide bonds. The number of amides is 1. The highest BCUT2D eigenvalue weighted by Crippen LogP contribution is 2.23. The lowest BCUT2D eigenvalue weighted by atomic mass is 9.99. The lowest BCUT2D eigenvalue weighted by molar-refractivity contribution is -0.302. The van der Waals surface area contributed by atoms with E-state index in [4.69, 9.17) is 14.2 Å². The summed E-state index contributed by atoms with van der Waals surface area (Å²) in [6.45, 7) is 4.28. The summed E-state index contributed by atoms with van der Waals surface area (Å²) in [5.41, 5.74) is 0. The van der Waals surface area contributed by atoms with E-state index in [1.807, 2.05) is 6.08 Å². The number of unbranched alkanes of at least 4 members (excludes halogenated alkanes) is 35. The van der Waals surface area contributed by atoms with Crippen molar-refractivity contribution in [3.63, 3.8) is 0 Å². The van der Waals surface area contributed by atoms with Crippen LogP contribution in [0.1, 0.15) is 303 Å². The van der Waals surface area contributed by atoms with Crippen molar-refractivity contribution in [1.82, 2.24) is 5.32 Å². The number of carbonyl (C=O) groups is 2. The monoisotopic (exact) mass is 1150 g/mol. The summed E-state index contributed by atoms with van der Waals surface area (Å²) in [6.07, 6.45) is 70.1. The zero-order chi connectivity index (χ0) is 59.5. The van der Waals surface area contributed by atoms with E-state index in [1.54, 1.807) is 6.08 Å². The van der Waals surface area contributed by atoms with Crippen LogP contribution in [-0.2, 0) is 23.8 Å². The van der Waals surface area contributed by atoms with Gasteiger partial charge in [-0.3, -0.25) is 9.59 Å². The van der Waals surface area contributed by atoms with E-state index in [2.05, 4.69) is 79.9 Å². The Kier molecular flexibility index (Phi) is 56.2. The molecule has 0 aromatic heterocycles. The number of rotatable bonds is 59. The first-order valence-electron chi connectivity index (χ1n) is 34.2. The smallest absolute Gasteiger partial charge is 0.305 e. The Labute approximate surface area is 502 Å². The highest BCUT2D eigenvalue weighted by molar-refractivity contribution is 5.76. The largest absolute Gasteiger partial charge is 0.466 e. The molecule has 7 atom stereocenters. The number of hydrogen-bond donors (Lipinski definition) is 6. The van der Waals surface area contributed by atoms with Gasteiger partial charge in [-0.2, -0.15) is 0 Å². The predicted octanol–water partition coefficient (Wildman–Crippen LogP) is 17.1. The van der Waals surface area contributed by atoms with Crippen LogP contribution in [0, 0.1) is 0 Å². The minimum Gasteiger partial charge on any atom is -0.466 e. The fraction of sp³-hybridized carbons (Fsp3) is 0.803. The van der Waals surface area contributed by atoms with E-state index < -0.39 is 49.5 Å². The molecule has 11 nitrogen and oxygen atoms in total. The van der Waals surface area contributed by atoms with Crippen LogP contribution in [0.2, 0.25) is 0 Å². The standard InChI is InChI=1S/C71H127NO10/c1-3-5-7-9-11-13-15-17-30-33-37-41-45-49-53-57-64(74)63(62-81-71-70(79)69(78)68(77)65(61-73)82-71)72-66(75)58-54-50-46-42-38-34-31-28-26-24-22-20-19-21-23-25-27-29-32-36-40-44-48-52-56-60-80-67(76)59-55-51-47-43-39-35-18-16-14-12-10-8-6-4-2/h10,12,16,18,20-23,37,41,53,57,63-65,68-71,73-74,77-79H,3-9,11,13-15,17,19,24-36,38-40,42-52,54-56,58-62H2,1-2H3,(H,72,75)/b12-10-,18-16-,22-20-,23-21-,41-37+,57-53+. The van der Waals surface area contributed by atoms with E-state index >= 15 is 0 Å². The summed E-state index contributed by atoms with van der Waals surface area (Å²) < 4.78 is 16.7. The Bertz CT molecular complexity index is 1590. The summed E-state index contributed by atoms with van der Waals surface area (Å²) in [7, 11) is 0. The first kappa shape index (κ1) is 77.1. The van der Waals surface area contributed by atoms with Gasteiger partial charge in [-0.15, -0.1) is 0 Å². The molecule has 1 heterocycles. The number of ether oxygens (including phenoxy) is 3. The molecule has 0 aromatic rings. The molecule has 1 saturated heterocycles. The van der Waals surface area contributed by atoms with Crippen LogP contribution in [0.25, 0.3) is 0 Å². The van der Waals surface area contributed by atoms with Gasteiger partial charge in [-0.1, -0.05) is 260 Å². The second kappa shape index (κ2) is 59.8. The molecular formula is C71H127NO10. The molecule has 82 heavy (non-hydrogen) atoms. The van der Waals surface area contributed by atoms with E-state index in [9.17, 15) is 35.1 Å². The fourth-order valence-corrected chi connectivity index (χ4v) is 10.3. The maximum absolute atomic E-state index is 13.1. The van der Waals surface area contributed by atoms with Gasteiger partial charge < -0.3 is 45.1 Å². The topological polar surface area (TPSA) is 175 Å². The quantitative estimate of drug-likeness (QED) is 0.0195. The normalized spacial score (nSPS) is 18.6. The molecule has 0 aromatic carbocycles. The first-order chi connectivity index (χ1) is 40.2. The van der Waals surface area contributed by atoms with E-state index in [-0.39, 0.29) is 18.5 Å². The molecule has 0 radical (unpaired) electrons. The van der Waals surface area contributed by atoms with E-state index in [0.29, 0.717) is 19.4 Å². The molecule has 0 saturated carbocycles. The van der Waals surface area contributed by atoms with Gasteiger partial charge in [0.1, 0.15) is 24.4 Å². The highest BCUT2D eigenvalue weighted by atomic mass is 16.7. The predicted molar refractivity (Wildman–Crippen MR) is 343 cm³/mol. The van der Waals surface area contributed by atoms with Crippen LogP contribution >= 0.6 is 0 Å². The molecule has 6 N–H and O–H groups in total. The van der Waals surface area contributed by atoms with Gasteiger partial charge in [0, 0.05) is 12.8 Å². The van der Waals surface area contributed by atoms with Gasteiger partial charge in [-0.25, -0.2) is 0 Å². The Morgan fingerprint density at radius 1 is 0.451 bits per heavy atom. The number of aliphatic hydroxyl groups is 5. The lowest BCUT2D eigenvalue weighted by Crippen LogP contribution is -2.60. The Morgan fingerprint density at radius 2 is 0.841 bits per heavy atom. The van der Waals surface area contributed by atoms with Gasteiger partial charge in [0.25, 0.3) is 0 Å². The van der Waals surface area contributed by atoms with E-state index in [0.717, 1.165) is 96.3 Å². The minimum atomic E-state index is -1.58.